The third kappa shape index (κ3) is 5.82. The molecule has 1 heterocycles. The number of nitrogens with one attached hydrogen (secondary N) is 1. The molecule has 0 spiro atoms. The average molecular weight is 392 g/mol. The van der Waals surface area contributed by atoms with E-state index in [0.29, 0.717) is 24.6 Å². The molecule has 0 saturated heterocycles. The van der Waals surface area contributed by atoms with Gasteiger partial charge in [0.05, 0.1) is 24.4 Å². The maximum Gasteiger partial charge on any atom is 0.217 e. The van der Waals surface area contributed by atoms with E-state index in [0.717, 1.165) is 18.4 Å². The normalized spacial score (nSPS) is 15.1. The minimum Gasteiger partial charge on any atom is -0.489 e. The van der Waals surface area contributed by atoms with Gasteiger partial charge in [0, 0.05) is 24.7 Å². The number of carbonyl (C=O) groups excluding carboxylic acids is 1. The molecule has 1 amide bonds. The molecule has 3 rings (SSSR count). The van der Waals surface area contributed by atoms with E-state index in [9.17, 15) is 9.18 Å². The number of benzene rings is 1. The van der Waals surface area contributed by atoms with Crippen molar-refractivity contribution in [2.45, 2.75) is 39.3 Å². The summed E-state index contributed by atoms with van der Waals surface area (Å²) >= 11 is 6.20. The number of aromatic nitrogens is 2. The molecule has 1 aromatic heterocycles. The summed E-state index contributed by atoms with van der Waals surface area (Å²) in [6.45, 7) is 4.28. The van der Waals surface area contributed by atoms with E-state index >= 15 is 0 Å². The highest BCUT2D eigenvalue weighted by molar-refractivity contribution is 6.32. The molecule has 1 aliphatic carbocycles. The predicted octanol–water partition coefficient (Wildman–Crippen LogP) is 4.05. The van der Waals surface area contributed by atoms with Gasteiger partial charge in [-0.25, -0.2) is 4.39 Å². The van der Waals surface area contributed by atoms with Crippen LogP contribution in [0.1, 0.15) is 37.8 Å². The van der Waals surface area contributed by atoms with Crippen LogP contribution in [0.25, 0.3) is 6.08 Å². The molecule has 1 N–H and O–H groups in total. The largest absolute Gasteiger partial charge is 0.489 e. The summed E-state index contributed by atoms with van der Waals surface area (Å²) in [7, 11) is 0. The van der Waals surface area contributed by atoms with E-state index in [2.05, 4.69) is 10.4 Å². The monoisotopic (exact) mass is 391 g/mol. The van der Waals surface area contributed by atoms with Crippen LogP contribution >= 0.6 is 11.6 Å². The highest BCUT2D eigenvalue weighted by Crippen LogP contribution is 2.34. The Morgan fingerprint density at radius 3 is 2.96 bits per heavy atom. The molecule has 0 aliphatic heterocycles. The van der Waals surface area contributed by atoms with Crippen molar-refractivity contribution in [1.29, 1.82) is 0 Å². The molecule has 144 valence electrons. The van der Waals surface area contributed by atoms with Crippen molar-refractivity contribution < 1.29 is 13.9 Å². The lowest BCUT2D eigenvalue weighted by molar-refractivity contribution is -0.119. The van der Waals surface area contributed by atoms with Crippen molar-refractivity contribution in [2.24, 2.45) is 5.92 Å². The van der Waals surface area contributed by atoms with Gasteiger partial charge in [-0.3, -0.25) is 9.48 Å². The number of ether oxygens (including phenoxy) is 1. The van der Waals surface area contributed by atoms with Gasteiger partial charge in [-0.1, -0.05) is 23.8 Å². The standard InChI is InChI=1S/C20H23ClFN3O2/c1-13(24-14(2)26)3-4-16-9-23-25(10-16)11-17-7-18(21)20(19(22)8-17)27-12-15-5-6-15/h3-4,7-10,13,15H,5-6,11-12H2,1-2H3,(H,24,26)/b4-3+/t13-/m0/s1. The summed E-state index contributed by atoms with van der Waals surface area (Å²) < 4.78 is 21.5. The quantitative estimate of drug-likeness (QED) is 0.738. The Hall–Kier alpha value is -2.34. The summed E-state index contributed by atoms with van der Waals surface area (Å²) in [5.74, 6) is 0.133. The van der Waals surface area contributed by atoms with Crippen LogP contribution in [0.5, 0.6) is 5.75 Å². The Bertz CT molecular complexity index is 822. The van der Waals surface area contributed by atoms with Crippen LogP contribution < -0.4 is 10.1 Å². The van der Waals surface area contributed by atoms with Gasteiger partial charge in [-0.05, 0) is 43.4 Å². The molecule has 2 aromatic rings. The van der Waals surface area contributed by atoms with Crippen LogP contribution in [0.3, 0.4) is 0 Å². The van der Waals surface area contributed by atoms with Crippen molar-refractivity contribution in [1.82, 2.24) is 15.1 Å². The van der Waals surface area contributed by atoms with Crippen LogP contribution in [0.4, 0.5) is 4.39 Å². The lowest BCUT2D eigenvalue weighted by Crippen LogP contribution is -2.28. The number of amides is 1. The Labute approximate surface area is 163 Å². The zero-order chi connectivity index (χ0) is 19.4. The minimum absolute atomic E-state index is 0.0677. The SMILES string of the molecule is CC(=O)N[C@@H](C)/C=C/c1cnn(Cc2cc(F)c(OCC3CC3)c(Cl)c2)c1. The summed E-state index contributed by atoms with van der Waals surface area (Å²) in [6.07, 6.45) is 9.59. The summed E-state index contributed by atoms with van der Waals surface area (Å²) in [5.41, 5.74) is 1.60. The van der Waals surface area contributed by atoms with Crippen LogP contribution in [0, 0.1) is 11.7 Å². The fourth-order valence-corrected chi connectivity index (χ4v) is 2.98. The van der Waals surface area contributed by atoms with Crippen molar-refractivity contribution in [3.05, 3.63) is 52.6 Å². The Morgan fingerprint density at radius 1 is 1.52 bits per heavy atom. The fraction of sp³-hybridized carbons (Fsp3) is 0.400. The number of carbonyl (C=O) groups is 1. The van der Waals surface area contributed by atoms with Gasteiger partial charge in [-0.15, -0.1) is 0 Å². The highest BCUT2D eigenvalue weighted by atomic mass is 35.5. The molecule has 1 atom stereocenters. The van der Waals surface area contributed by atoms with E-state index in [1.807, 2.05) is 25.3 Å². The van der Waals surface area contributed by atoms with Crippen LogP contribution in [-0.2, 0) is 11.3 Å². The first-order chi connectivity index (χ1) is 12.9. The molecule has 1 fully saturated rings. The van der Waals surface area contributed by atoms with E-state index in [4.69, 9.17) is 16.3 Å². The Morgan fingerprint density at radius 2 is 2.30 bits per heavy atom. The maximum atomic E-state index is 14.3. The first-order valence-corrected chi connectivity index (χ1v) is 9.37. The van der Waals surface area contributed by atoms with E-state index in [1.54, 1.807) is 16.9 Å². The van der Waals surface area contributed by atoms with E-state index in [-0.39, 0.29) is 22.7 Å². The Kier molecular flexibility index (Phi) is 6.16. The van der Waals surface area contributed by atoms with Crippen molar-refractivity contribution in [2.75, 3.05) is 6.61 Å². The smallest absolute Gasteiger partial charge is 0.217 e. The van der Waals surface area contributed by atoms with Crippen LogP contribution in [0.2, 0.25) is 5.02 Å². The van der Waals surface area contributed by atoms with Gasteiger partial charge >= 0.3 is 0 Å². The van der Waals surface area contributed by atoms with Crippen LogP contribution in [-0.4, -0.2) is 28.3 Å². The number of rotatable bonds is 8. The van der Waals surface area contributed by atoms with Gasteiger partial charge in [0.1, 0.15) is 0 Å². The van der Waals surface area contributed by atoms with Crippen molar-refractivity contribution >= 4 is 23.6 Å². The zero-order valence-corrected chi connectivity index (χ0v) is 16.2. The number of halogens is 2. The Balaban J connectivity index is 1.62. The lowest BCUT2D eigenvalue weighted by atomic mass is 10.2. The van der Waals surface area contributed by atoms with Gasteiger partial charge < -0.3 is 10.1 Å². The molecule has 1 aromatic carbocycles. The second kappa shape index (κ2) is 8.57. The topological polar surface area (TPSA) is 56.2 Å². The molecule has 0 unspecified atom stereocenters. The summed E-state index contributed by atoms with van der Waals surface area (Å²) in [5, 5.41) is 7.34. The second-order valence-corrected chi connectivity index (χ2v) is 7.37. The third-order valence-corrected chi connectivity index (χ3v) is 4.51. The summed E-state index contributed by atoms with van der Waals surface area (Å²) in [4.78, 5) is 11.0. The predicted molar refractivity (Wildman–Crippen MR) is 103 cm³/mol. The molecule has 1 saturated carbocycles. The van der Waals surface area contributed by atoms with Crippen LogP contribution in [0.15, 0.2) is 30.6 Å². The van der Waals surface area contributed by atoms with Crippen molar-refractivity contribution in [3.63, 3.8) is 0 Å². The molecular weight excluding hydrogens is 369 g/mol. The number of hydrogen-bond acceptors (Lipinski definition) is 3. The minimum atomic E-state index is -0.449. The molecule has 0 bridgehead atoms. The lowest BCUT2D eigenvalue weighted by Gasteiger charge is -2.11. The van der Waals surface area contributed by atoms with Gasteiger partial charge in [-0.2, -0.15) is 5.10 Å². The second-order valence-electron chi connectivity index (χ2n) is 6.96. The molecule has 5 nitrogen and oxygen atoms in total. The first-order valence-electron chi connectivity index (χ1n) is 8.99. The van der Waals surface area contributed by atoms with Crippen molar-refractivity contribution in [3.8, 4) is 5.75 Å². The first kappa shape index (κ1) is 19.4. The van der Waals surface area contributed by atoms with Gasteiger partial charge in [0.15, 0.2) is 11.6 Å². The molecule has 1 aliphatic rings. The highest BCUT2D eigenvalue weighted by Gasteiger charge is 2.23. The summed E-state index contributed by atoms with van der Waals surface area (Å²) in [6, 6.07) is 3.08. The van der Waals surface area contributed by atoms with E-state index < -0.39 is 5.82 Å². The van der Waals surface area contributed by atoms with E-state index in [1.165, 1.54) is 13.0 Å². The maximum absolute atomic E-state index is 14.3. The molecular formula is C20H23ClFN3O2. The molecule has 27 heavy (non-hydrogen) atoms. The number of hydrogen-bond donors (Lipinski definition) is 1. The van der Waals surface area contributed by atoms with Gasteiger partial charge in [0.25, 0.3) is 0 Å². The number of nitrogens with zero attached hydrogens (tertiary/aromatic N) is 2. The molecule has 7 heteroatoms. The van der Waals surface area contributed by atoms with Gasteiger partial charge in [0.2, 0.25) is 5.91 Å². The third-order valence-electron chi connectivity index (χ3n) is 4.22. The molecule has 0 radical (unpaired) electrons. The average Bonchev–Trinajstić information content (AvgIpc) is 3.30. The zero-order valence-electron chi connectivity index (χ0n) is 15.4. The fourth-order valence-electron chi connectivity index (χ4n) is 2.69.